The summed E-state index contributed by atoms with van der Waals surface area (Å²) in [5.74, 6) is 0. The largest absolute Gasteiger partial charge is 0.416 e. The maximum absolute atomic E-state index is 12.8. The monoisotopic (exact) mass is 420 g/mol. The molecule has 27 heavy (non-hydrogen) atoms. The number of sulfonamides is 2. The molecular weight excluding hydrogens is 405 g/mol. The van der Waals surface area contributed by atoms with Crippen LogP contribution in [0.25, 0.3) is 0 Å². The Kier molecular flexibility index (Phi) is 4.95. The molecule has 0 atom stereocenters. The zero-order chi connectivity index (χ0) is 19.9. The molecule has 1 fully saturated rings. The molecule has 1 aliphatic rings. The number of hydrogen-bond acceptors (Lipinski definition) is 4. The Bertz CT molecular complexity index is 1060. The van der Waals surface area contributed by atoms with Crippen molar-refractivity contribution in [3.8, 4) is 0 Å². The summed E-state index contributed by atoms with van der Waals surface area (Å²) in [6, 6.07) is 8.17. The summed E-state index contributed by atoms with van der Waals surface area (Å²) in [4.78, 5) is -0.611. The lowest BCUT2D eigenvalue weighted by atomic mass is 10.2. The van der Waals surface area contributed by atoms with E-state index in [1.54, 1.807) is 0 Å². The molecule has 146 valence electrons. The van der Waals surface area contributed by atoms with Gasteiger partial charge in [-0.3, -0.25) is 4.72 Å². The van der Waals surface area contributed by atoms with E-state index in [2.05, 4.69) is 4.72 Å². The van der Waals surface area contributed by atoms with Gasteiger partial charge in [-0.15, -0.1) is 0 Å². The lowest BCUT2D eigenvalue weighted by Crippen LogP contribution is -2.26. The first-order valence-electron chi connectivity index (χ1n) is 7.80. The number of hydrogen-bond donors (Lipinski definition) is 2. The fourth-order valence-corrected chi connectivity index (χ4v) is 4.79. The smallest absolute Gasteiger partial charge is 0.280 e. The molecule has 0 unspecified atom stereocenters. The summed E-state index contributed by atoms with van der Waals surface area (Å²) in [6.07, 6.45) is -3.19. The number of alkyl halides is 3. The molecule has 2 aromatic rings. The van der Waals surface area contributed by atoms with Crippen LogP contribution >= 0.6 is 0 Å². The first-order chi connectivity index (χ1) is 12.5. The molecule has 0 aliphatic heterocycles. The SMILES string of the molecule is O=S(=O)(Nc1cccc(C(F)(F)F)c1)c1cccc(S(=O)(=O)NC2CC2)c1. The van der Waals surface area contributed by atoms with Crippen molar-refractivity contribution in [1.29, 1.82) is 0 Å². The van der Waals surface area contributed by atoms with Crippen LogP contribution in [0, 0.1) is 0 Å². The van der Waals surface area contributed by atoms with Crippen molar-refractivity contribution >= 4 is 25.7 Å². The predicted molar refractivity (Wildman–Crippen MR) is 92.0 cm³/mol. The normalized spacial score (nSPS) is 15.5. The van der Waals surface area contributed by atoms with Gasteiger partial charge in [-0.1, -0.05) is 12.1 Å². The minimum Gasteiger partial charge on any atom is -0.280 e. The fourth-order valence-electron chi connectivity index (χ4n) is 2.27. The Morgan fingerprint density at radius 3 is 2.04 bits per heavy atom. The molecular formula is C16H15F3N2O4S2. The molecule has 0 aromatic heterocycles. The number of benzene rings is 2. The Balaban J connectivity index is 1.88. The third kappa shape index (κ3) is 4.79. The molecule has 1 aliphatic carbocycles. The van der Waals surface area contributed by atoms with Crippen molar-refractivity contribution in [2.75, 3.05) is 4.72 Å². The van der Waals surface area contributed by atoms with E-state index in [1.807, 2.05) is 4.72 Å². The Labute approximate surface area is 154 Å². The average molecular weight is 420 g/mol. The third-order valence-corrected chi connectivity index (χ3v) is 6.66. The highest BCUT2D eigenvalue weighted by Crippen LogP contribution is 2.31. The van der Waals surface area contributed by atoms with E-state index >= 15 is 0 Å². The molecule has 1 saturated carbocycles. The van der Waals surface area contributed by atoms with Crippen LogP contribution in [0.5, 0.6) is 0 Å². The maximum atomic E-state index is 12.8. The second kappa shape index (κ2) is 6.80. The van der Waals surface area contributed by atoms with Gasteiger partial charge in [-0.25, -0.2) is 21.6 Å². The maximum Gasteiger partial charge on any atom is 0.416 e. The minimum atomic E-state index is -4.62. The molecule has 2 N–H and O–H groups in total. The van der Waals surface area contributed by atoms with Crippen LogP contribution in [-0.2, 0) is 26.2 Å². The third-order valence-electron chi connectivity index (χ3n) is 3.77. The van der Waals surface area contributed by atoms with Gasteiger partial charge in [-0.05, 0) is 49.2 Å². The van der Waals surface area contributed by atoms with Gasteiger partial charge < -0.3 is 0 Å². The molecule has 0 heterocycles. The van der Waals surface area contributed by atoms with Gasteiger partial charge in [0.2, 0.25) is 10.0 Å². The highest BCUT2D eigenvalue weighted by atomic mass is 32.2. The average Bonchev–Trinajstić information content (AvgIpc) is 3.37. The lowest BCUT2D eigenvalue weighted by molar-refractivity contribution is -0.137. The Hall–Kier alpha value is -2.11. The number of rotatable bonds is 6. The van der Waals surface area contributed by atoms with E-state index in [4.69, 9.17) is 0 Å². The van der Waals surface area contributed by atoms with Gasteiger partial charge in [0.05, 0.1) is 15.4 Å². The van der Waals surface area contributed by atoms with Gasteiger partial charge in [0.1, 0.15) is 0 Å². The molecule has 2 aromatic carbocycles. The van der Waals surface area contributed by atoms with E-state index in [9.17, 15) is 30.0 Å². The van der Waals surface area contributed by atoms with Crippen LogP contribution in [0.3, 0.4) is 0 Å². The highest BCUT2D eigenvalue weighted by Gasteiger charge is 2.31. The van der Waals surface area contributed by atoms with Crippen LogP contribution in [0.1, 0.15) is 18.4 Å². The van der Waals surface area contributed by atoms with Crippen molar-refractivity contribution in [3.05, 3.63) is 54.1 Å². The quantitative estimate of drug-likeness (QED) is 0.752. The van der Waals surface area contributed by atoms with Crippen molar-refractivity contribution in [2.24, 2.45) is 0 Å². The van der Waals surface area contributed by atoms with Crippen LogP contribution < -0.4 is 9.44 Å². The zero-order valence-electron chi connectivity index (χ0n) is 13.7. The second-order valence-corrected chi connectivity index (χ2v) is 9.45. The van der Waals surface area contributed by atoms with E-state index in [1.165, 1.54) is 18.2 Å². The number of halogens is 3. The lowest BCUT2D eigenvalue weighted by Gasteiger charge is -2.12. The summed E-state index contributed by atoms with van der Waals surface area (Å²) in [6.45, 7) is 0. The number of nitrogens with one attached hydrogen (secondary N) is 2. The molecule has 0 radical (unpaired) electrons. The van der Waals surface area contributed by atoms with Crippen LogP contribution in [0.4, 0.5) is 18.9 Å². The van der Waals surface area contributed by atoms with E-state index in [0.717, 1.165) is 24.3 Å². The standard InChI is InChI=1S/C16H15F3N2O4S2/c17-16(18,19)11-3-1-4-13(9-11)21-27(24,25)15-6-2-5-14(10-15)26(22,23)20-12-7-8-12/h1-6,9-10,12,20-21H,7-8H2. The number of anilines is 1. The first-order valence-corrected chi connectivity index (χ1v) is 10.8. The van der Waals surface area contributed by atoms with Gasteiger partial charge in [0.15, 0.2) is 0 Å². The van der Waals surface area contributed by atoms with E-state index < -0.39 is 31.8 Å². The summed E-state index contributed by atoms with van der Waals surface area (Å²) >= 11 is 0. The summed E-state index contributed by atoms with van der Waals surface area (Å²) in [7, 11) is -8.15. The summed E-state index contributed by atoms with van der Waals surface area (Å²) in [5, 5.41) is 0. The van der Waals surface area contributed by atoms with E-state index in [0.29, 0.717) is 18.9 Å². The highest BCUT2D eigenvalue weighted by molar-refractivity contribution is 7.93. The van der Waals surface area contributed by atoms with Crippen molar-refractivity contribution < 1.29 is 30.0 Å². The second-order valence-electron chi connectivity index (χ2n) is 6.05. The molecule has 0 bridgehead atoms. The molecule has 0 saturated heterocycles. The molecule has 11 heteroatoms. The molecule has 0 spiro atoms. The van der Waals surface area contributed by atoms with Crippen molar-refractivity contribution in [2.45, 2.75) is 34.9 Å². The van der Waals surface area contributed by atoms with Crippen LogP contribution in [0.15, 0.2) is 58.3 Å². The summed E-state index contributed by atoms with van der Waals surface area (Å²) in [5.41, 5.74) is -1.29. The molecule has 3 rings (SSSR count). The van der Waals surface area contributed by atoms with Crippen LogP contribution in [0.2, 0.25) is 0 Å². The first kappa shape index (κ1) is 19.6. The van der Waals surface area contributed by atoms with Crippen molar-refractivity contribution in [3.63, 3.8) is 0 Å². The summed E-state index contributed by atoms with van der Waals surface area (Å²) < 4.78 is 92.2. The van der Waals surface area contributed by atoms with E-state index in [-0.39, 0.29) is 21.5 Å². The predicted octanol–water partition coefficient (Wildman–Crippen LogP) is 2.95. The fraction of sp³-hybridized carbons (Fsp3) is 0.250. The topological polar surface area (TPSA) is 92.3 Å². The van der Waals surface area contributed by atoms with Gasteiger partial charge in [0, 0.05) is 11.7 Å². The van der Waals surface area contributed by atoms with Crippen LogP contribution in [-0.4, -0.2) is 22.9 Å². The molecule has 0 amide bonds. The Morgan fingerprint density at radius 2 is 1.44 bits per heavy atom. The molecule has 6 nitrogen and oxygen atoms in total. The Morgan fingerprint density at radius 1 is 0.852 bits per heavy atom. The van der Waals surface area contributed by atoms with Crippen molar-refractivity contribution in [1.82, 2.24) is 4.72 Å². The van der Waals surface area contributed by atoms with Gasteiger partial charge in [0.25, 0.3) is 10.0 Å². The van der Waals surface area contributed by atoms with Gasteiger partial charge >= 0.3 is 6.18 Å². The zero-order valence-corrected chi connectivity index (χ0v) is 15.3. The minimum absolute atomic E-state index is 0.154. The van der Waals surface area contributed by atoms with Gasteiger partial charge in [-0.2, -0.15) is 13.2 Å².